The molecule has 0 bridgehead atoms. The Kier molecular flexibility index (Phi) is 3.53. The van der Waals surface area contributed by atoms with E-state index in [2.05, 4.69) is 5.32 Å². The molecule has 1 aromatic carbocycles. The van der Waals surface area contributed by atoms with E-state index in [1.165, 1.54) is 6.92 Å². The van der Waals surface area contributed by atoms with Gasteiger partial charge in [-0.05, 0) is 31.9 Å². The Morgan fingerprint density at radius 3 is 2.65 bits per heavy atom. The number of carbonyl (C=O) groups excluding carboxylic acids is 1. The van der Waals surface area contributed by atoms with E-state index in [1.54, 1.807) is 13.0 Å². The Morgan fingerprint density at radius 1 is 1.40 bits per heavy atom. The van der Waals surface area contributed by atoms with E-state index in [0.29, 0.717) is 5.58 Å². The van der Waals surface area contributed by atoms with Crippen LogP contribution in [0.3, 0.4) is 0 Å². The van der Waals surface area contributed by atoms with Crippen LogP contribution in [-0.4, -0.2) is 22.5 Å². The number of amides is 1. The molecular weight excluding hydrogens is 258 g/mol. The molecule has 1 unspecified atom stereocenters. The minimum atomic E-state index is -1.30. The molecule has 0 aliphatic rings. The molecule has 106 valence electrons. The predicted molar refractivity (Wildman–Crippen MR) is 74.7 cm³/mol. The van der Waals surface area contributed by atoms with Gasteiger partial charge in [0.05, 0.1) is 0 Å². The van der Waals surface area contributed by atoms with Crippen LogP contribution in [0.1, 0.15) is 36.4 Å². The minimum Gasteiger partial charge on any atom is -0.480 e. The summed E-state index contributed by atoms with van der Waals surface area (Å²) in [5.41, 5.74) is 0.273. The normalized spacial score (nSPS) is 13.9. The van der Waals surface area contributed by atoms with Gasteiger partial charge < -0.3 is 14.8 Å². The number of aliphatic carboxylic acids is 1. The van der Waals surface area contributed by atoms with Gasteiger partial charge in [0.1, 0.15) is 11.1 Å². The number of carbonyl (C=O) groups is 2. The Morgan fingerprint density at radius 2 is 2.10 bits per heavy atom. The van der Waals surface area contributed by atoms with Crippen molar-refractivity contribution < 1.29 is 19.1 Å². The van der Waals surface area contributed by atoms with Crippen LogP contribution < -0.4 is 5.32 Å². The number of nitrogens with one attached hydrogen (secondary N) is 1. The largest absolute Gasteiger partial charge is 0.480 e. The van der Waals surface area contributed by atoms with Gasteiger partial charge in [0.15, 0.2) is 5.76 Å². The molecule has 1 amide bonds. The maximum absolute atomic E-state index is 12.1. The van der Waals surface area contributed by atoms with Crippen molar-refractivity contribution in [2.75, 3.05) is 0 Å². The van der Waals surface area contributed by atoms with Crippen LogP contribution in [0.5, 0.6) is 0 Å². The minimum absolute atomic E-state index is 0.121. The van der Waals surface area contributed by atoms with Gasteiger partial charge in [-0.25, -0.2) is 4.79 Å². The van der Waals surface area contributed by atoms with Gasteiger partial charge in [-0.3, -0.25) is 4.79 Å². The lowest BCUT2D eigenvalue weighted by Gasteiger charge is -2.23. The first kappa shape index (κ1) is 14.1. The summed E-state index contributed by atoms with van der Waals surface area (Å²) in [7, 11) is 0. The van der Waals surface area contributed by atoms with E-state index in [4.69, 9.17) is 9.52 Å². The number of furan rings is 1. The van der Waals surface area contributed by atoms with E-state index in [9.17, 15) is 9.59 Å². The molecule has 0 radical (unpaired) electrons. The Bertz CT molecular complexity index is 674. The highest BCUT2D eigenvalue weighted by Crippen LogP contribution is 2.23. The predicted octanol–water partition coefficient (Wildman–Crippen LogP) is 2.72. The van der Waals surface area contributed by atoms with Gasteiger partial charge >= 0.3 is 5.97 Å². The molecule has 5 nitrogen and oxygen atoms in total. The number of hydrogen-bond donors (Lipinski definition) is 2. The van der Waals surface area contributed by atoms with Crippen molar-refractivity contribution in [3.05, 3.63) is 35.6 Å². The lowest BCUT2D eigenvalue weighted by atomic mass is 9.99. The quantitative estimate of drug-likeness (QED) is 0.899. The van der Waals surface area contributed by atoms with Gasteiger partial charge in [-0.15, -0.1) is 0 Å². The van der Waals surface area contributed by atoms with Crippen molar-refractivity contribution in [2.45, 2.75) is 32.7 Å². The molecular formula is C15H17NO4. The Balaban J connectivity index is 2.32. The molecule has 0 saturated heterocycles. The second kappa shape index (κ2) is 5.00. The highest BCUT2D eigenvalue weighted by molar-refractivity contribution is 5.99. The summed E-state index contributed by atoms with van der Waals surface area (Å²) in [6.45, 7) is 5.07. The third kappa shape index (κ3) is 2.39. The molecule has 2 rings (SSSR count). The summed E-state index contributed by atoms with van der Waals surface area (Å²) in [5, 5.41) is 12.5. The lowest BCUT2D eigenvalue weighted by Crippen LogP contribution is -2.51. The molecule has 1 atom stereocenters. The van der Waals surface area contributed by atoms with Crippen molar-refractivity contribution in [1.82, 2.24) is 5.32 Å². The SMILES string of the molecule is CCC(C)(NC(=O)c1cc2cccc(C)c2o1)C(=O)O. The fourth-order valence-corrected chi connectivity index (χ4v) is 1.93. The van der Waals surface area contributed by atoms with E-state index in [1.807, 2.05) is 25.1 Å². The summed E-state index contributed by atoms with van der Waals surface area (Å²) >= 11 is 0. The number of benzene rings is 1. The van der Waals surface area contributed by atoms with E-state index < -0.39 is 17.4 Å². The van der Waals surface area contributed by atoms with Crippen LogP contribution in [0, 0.1) is 6.92 Å². The molecule has 2 aromatic rings. The number of fused-ring (bicyclic) bond motifs is 1. The molecule has 0 spiro atoms. The van der Waals surface area contributed by atoms with Gasteiger partial charge in [0.2, 0.25) is 0 Å². The lowest BCUT2D eigenvalue weighted by molar-refractivity contribution is -0.143. The average molecular weight is 275 g/mol. The first-order valence-electron chi connectivity index (χ1n) is 6.42. The molecule has 0 fully saturated rings. The van der Waals surface area contributed by atoms with Crippen molar-refractivity contribution in [3.8, 4) is 0 Å². The first-order chi connectivity index (χ1) is 9.37. The highest BCUT2D eigenvalue weighted by atomic mass is 16.4. The number of para-hydroxylation sites is 1. The zero-order valence-electron chi connectivity index (χ0n) is 11.7. The maximum Gasteiger partial charge on any atom is 0.329 e. The topological polar surface area (TPSA) is 79.5 Å². The van der Waals surface area contributed by atoms with E-state index in [0.717, 1.165) is 10.9 Å². The first-order valence-corrected chi connectivity index (χ1v) is 6.42. The standard InChI is InChI=1S/C15H17NO4/c1-4-15(3,14(18)19)16-13(17)11-8-10-7-5-6-9(2)12(10)20-11/h5-8H,4H2,1-3H3,(H,16,17)(H,18,19). The molecule has 5 heteroatoms. The molecule has 1 aromatic heterocycles. The van der Waals surface area contributed by atoms with Crippen molar-refractivity contribution >= 4 is 22.8 Å². The smallest absolute Gasteiger partial charge is 0.329 e. The number of carboxylic acids is 1. The van der Waals surface area contributed by atoms with Crippen LogP contribution in [0.2, 0.25) is 0 Å². The summed E-state index contributed by atoms with van der Waals surface area (Å²) in [4.78, 5) is 23.3. The van der Waals surface area contributed by atoms with Gasteiger partial charge in [0.25, 0.3) is 5.91 Å². The van der Waals surface area contributed by atoms with Gasteiger partial charge in [0, 0.05) is 5.39 Å². The summed E-state index contributed by atoms with van der Waals surface area (Å²) in [6, 6.07) is 7.23. The monoisotopic (exact) mass is 275 g/mol. The summed E-state index contributed by atoms with van der Waals surface area (Å²) in [5.74, 6) is -1.47. The number of carboxylic acid groups (broad SMARTS) is 1. The molecule has 0 aliphatic carbocycles. The second-order valence-electron chi connectivity index (χ2n) is 5.05. The zero-order chi connectivity index (χ0) is 14.9. The molecule has 20 heavy (non-hydrogen) atoms. The fraction of sp³-hybridized carbons (Fsp3) is 0.333. The van der Waals surface area contributed by atoms with Gasteiger partial charge in [-0.1, -0.05) is 25.1 Å². The Labute approximate surface area is 116 Å². The maximum atomic E-state index is 12.1. The third-order valence-electron chi connectivity index (χ3n) is 3.53. The number of rotatable bonds is 4. The van der Waals surface area contributed by atoms with Crippen LogP contribution in [0.25, 0.3) is 11.0 Å². The number of hydrogen-bond acceptors (Lipinski definition) is 3. The summed E-state index contributed by atoms with van der Waals surface area (Å²) in [6.07, 6.45) is 0.285. The van der Waals surface area contributed by atoms with E-state index in [-0.39, 0.29) is 12.2 Å². The van der Waals surface area contributed by atoms with Crippen molar-refractivity contribution in [3.63, 3.8) is 0 Å². The second-order valence-corrected chi connectivity index (χ2v) is 5.05. The van der Waals surface area contributed by atoms with Gasteiger partial charge in [-0.2, -0.15) is 0 Å². The fourth-order valence-electron chi connectivity index (χ4n) is 1.93. The van der Waals surface area contributed by atoms with Crippen LogP contribution in [0.4, 0.5) is 0 Å². The third-order valence-corrected chi connectivity index (χ3v) is 3.53. The molecule has 1 heterocycles. The van der Waals surface area contributed by atoms with Crippen LogP contribution in [-0.2, 0) is 4.79 Å². The molecule has 0 aliphatic heterocycles. The molecule has 2 N–H and O–H groups in total. The van der Waals surface area contributed by atoms with Crippen molar-refractivity contribution in [1.29, 1.82) is 0 Å². The number of aryl methyl sites for hydroxylation is 1. The van der Waals surface area contributed by atoms with Crippen LogP contribution >= 0.6 is 0 Å². The highest BCUT2D eigenvalue weighted by Gasteiger charge is 2.33. The van der Waals surface area contributed by atoms with Crippen LogP contribution in [0.15, 0.2) is 28.7 Å². The summed E-state index contributed by atoms with van der Waals surface area (Å²) < 4.78 is 5.53. The average Bonchev–Trinajstić information content (AvgIpc) is 2.84. The van der Waals surface area contributed by atoms with Crippen molar-refractivity contribution in [2.24, 2.45) is 0 Å². The zero-order valence-corrected chi connectivity index (χ0v) is 11.7. The van der Waals surface area contributed by atoms with E-state index >= 15 is 0 Å². The molecule has 0 saturated carbocycles. The Hall–Kier alpha value is -2.30.